The fraction of sp³-hybridized carbons (Fsp3) is 0.667. The summed E-state index contributed by atoms with van der Waals surface area (Å²) in [7, 11) is 4.34. The van der Waals surface area contributed by atoms with Gasteiger partial charge in [0, 0.05) is 12.1 Å². The molecule has 0 radical (unpaired) electrons. The van der Waals surface area contributed by atoms with Gasteiger partial charge in [-0.2, -0.15) is 0 Å². The number of hydrogen-bond acceptors (Lipinski definition) is 2. The summed E-state index contributed by atoms with van der Waals surface area (Å²) in [6.45, 7) is 10.4. The first-order chi connectivity index (χ1) is 9.47. The number of benzene rings is 1. The molecule has 0 heterocycles. The van der Waals surface area contributed by atoms with Gasteiger partial charge in [0.05, 0.1) is 0 Å². The molecule has 0 amide bonds. The number of likely N-dealkylation sites (N-methyl/N-ethyl adjacent to an activating group) is 2. The Morgan fingerprint density at radius 1 is 1.05 bits per heavy atom. The number of rotatable bonds is 8. The van der Waals surface area contributed by atoms with Crippen LogP contribution in [-0.2, 0) is 0 Å². The first kappa shape index (κ1) is 17.2. The second-order valence-electron chi connectivity index (χ2n) is 6.57. The zero-order chi connectivity index (χ0) is 15.1. The maximum Gasteiger partial charge on any atom is 0.0478 e. The lowest BCUT2D eigenvalue weighted by molar-refractivity contribution is 0.144. The summed E-state index contributed by atoms with van der Waals surface area (Å²) in [5.74, 6) is 1.37. The standard InChI is InChI=1S/C18H32N2/c1-14(2)12-13-20(6)18(15(3)4)17(19-5)16-10-8-7-9-11-16/h7-11,14-15,17-19H,12-13H2,1-6H3. The fourth-order valence-corrected chi connectivity index (χ4v) is 2.95. The summed E-state index contributed by atoms with van der Waals surface area (Å²) in [6.07, 6.45) is 1.25. The van der Waals surface area contributed by atoms with Gasteiger partial charge in [0.25, 0.3) is 0 Å². The van der Waals surface area contributed by atoms with Crippen LogP contribution in [0, 0.1) is 11.8 Å². The van der Waals surface area contributed by atoms with Gasteiger partial charge in [0.2, 0.25) is 0 Å². The Labute approximate surface area is 125 Å². The lowest BCUT2D eigenvalue weighted by Gasteiger charge is -2.38. The molecule has 2 unspecified atom stereocenters. The van der Waals surface area contributed by atoms with E-state index in [0.29, 0.717) is 18.0 Å². The van der Waals surface area contributed by atoms with Crippen LogP contribution in [0.1, 0.15) is 45.7 Å². The Morgan fingerprint density at radius 3 is 2.10 bits per heavy atom. The molecule has 2 atom stereocenters. The molecule has 0 spiro atoms. The topological polar surface area (TPSA) is 15.3 Å². The highest BCUT2D eigenvalue weighted by atomic mass is 15.2. The van der Waals surface area contributed by atoms with Gasteiger partial charge < -0.3 is 10.2 Å². The minimum absolute atomic E-state index is 0.383. The van der Waals surface area contributed by atoms with Gasteiger partial charge in [-0.05, 0) is 44.5 Å². The normalized spacial score (nSPS) is 15.1. The molecule has 2 heteroatoms. The van der Waals surface area contributed by atoms with Crippen LogP contribution in [0.5, 0.6) is 0 Å². The summed E-state index contributed by atoms with van der Waals surface area (Å²) in [6, 6.07) is 11.7. The van der Waals surface area contributed by atoms with E-state index in [1.54, 1.807) is 0 Å². The third-order valence-corrected chi connectivity index (χ3v) is 4.06. The third kappa shape index (κ3) is 4.92. The second-order valence-corrected chi connectivity index (χ2v) is 6.57. The van der Waals surface area contributed by atoms with Crippen LogP contribution >= 0.6 is 0 Å². The molecule has 1 rings (SSSR count). The van der Waals surface area contributed by atoms with Crippen LogP contribution in [0.4, 0.5) is 0 Å². The molecule has 0 aliphatic heterocycles. The van der Waals surface area contributed by atoms with E-state index in [0.717, 1.165) is 12.5 Å². The molecule has 0 aliphatic rings. The zero-order valence-corrected chi connectivity index (χ0v) is 14.1. The maximum absolute atomic E-state index is 3.53. The molecule has 0 saturated carbocycles. The molecular formula is C18H32N2. The van der Waals surface area contributed by atoms with E-state index >= 15 is 0 Å². The average Bonchev–Trinajstić information content (AvgIpc) is 2.42. The molecule has 0 bridgehead atoms. The van der Waals surface area contributed by atoms with E-state index in [1.165, 1.54) is 12.0 Å². The summed E-state index contributed by atoms with van der Waals surface area (Å²) < 4.78 is 0. The largest absolute Gasteiger partial charge is 0.312 e. The summed E-state index contributed by atoms with van der Waals surface area (Å²) in [4.78, 5) is 2.53. The second kappa shape index (κ2) is 8.43. The summed E-state index contributed by atoms with van der Waals surface area (Å²) in [5, 5.41) is 3.53. The van der Waals surface area contributed by atoms with Crippen molar-refractivity contribution in [2.75, 3.05) is 20.6 Å². The molecule has 20 heavy (non-hydrogen) atoms. The van der Waals surface area contributed by atoms with Gasteiger partial charge in [-0.3, -0.25) is 0 Å². The fourth-order valence-electron chi connectivity index (χ4n) is 2.95. The van der Waals surface area contributed by atoms with Crippen LogP contribution in [-0.4, -0.2) is 31.6 Å². The maximum atomic E-state index is 3.53. The Kier molecular flexibility index (Phi) is 7.25. The van der Waals surface area contributed by atoms with Crippen molar-refractivity contribution in [1.82, 2.24) is 10.2 Å². The van der Waals surface area contributed by atoms with Gasteiger partial charge in [-0.25, -0.2) is 0 Å². The molecule has 1 N–H and O–H groups in total. The molecule has 1 aromatic carbocycles. The van der Waals surface area contributed by atoms with Gasteiger partial charge >= 0.3 is 0 Å². The van der Waals surface area contributed by atoms with Crippen LogP contribution in [0.2, 0.25) is 0 Å². The molecule has 114 valence electrons. The van der Waals surface area contributed by atoms with Gasteiger partial charge in [0.15, 0.2) is 0 Å². The Hall–Kier alpha value is -0.860. The van der Waals surface area contributed by atoms with Crippen molar-refractivity contribution in [3.05, 3.63) is 35.9 Å². The highest BCUT2D eigenvalue weighted by Crippen LogP contribution is 2.26. The van der Waals surface area contributed by atoms with Crippen molar-refractivity contribution in [1.29, 1.82) is 0 Å². The quantitative estimate of drug-likeness (QED) is 0.773. The first-order valence-corrected chi connectivity index (χ1v) is 7.89. The Bertz CT molecular complexity index is 359. The average molecular weight is 276 g/mol. The Balaban J connectivity index is 2.87. The molecule has 1 aromatic rings. The smallest absolute Gasteiger partial charge is 0.0478 e. The van der Waals surface area contributed by atoms with E-state index in [4.69, 9.17) is 0 Å². The minimum Gasteiger partial charge on any atom is -0.312 e. The monoisotopic (exact) mass is 276 g/mol. The van der Waals surface area contributed by atoms with E-state index < -0.39 is 0 Å². The predicted molar refractivity (Wildman–Crippen MR) is 89.0 cm³/mol. The van der Waals surface area contributed by atoms with Gasteiger partial charge in [-0.1, -0.05) is 58.0 Å². The van der Waals surface area contributed by atoms with Crippen molar-refractivity contribution in [2.45, 2.75) is 46.2 Å². The van der Waals surface area contributed by atoms with Crippen LogP contribution < -0.4 is 5.32 Å². The van der Waals surface area contributed by atoms with Crippen molar-refractivity contribution >= 4 is 0 Å². The number of nitrogens with zero attached hydrogens (tertiary/aromatic N) is 1. The lowest BCUT2D eigenvalue weighted by Crippen LogP contribution is -2.45. The molecular weight excluding hydrogens is 244 g/mol. The van der Waals surface area contributed by atoms with Crippen molar-refractivity contribution in [2.24, 2.45) is 11.8 Å². The van der Waals surface area contributed by atoms with Gasteiger partial charge in [-0.15, -0.1) is 0 Å². The predicted octanol–water partition coefficient (Wildman–Crippen LogP) is 3.95. The SMILES string of the molecule is CNC(c1ccccc1)C(C(C)C)N(C)CCC(C)C. The van der Waals surface area contributed by atoms with Crippen LogP contribution in [0.15, 0.2) is 30.3 Å². The molecule has 0 aliphatic carbocycles. The highest BCUT2D eigenvalue weighted by molar-refractivity contribution is 5.21. The minimum atomic E-state index is 0.383. The molecule has 0 saturated heterocycles. The van der Waals surface area contributed by atoms with E-state index in [9.17, 15) is 0 Å². The van der Waals surface area contributed by atoms with E-state index in [2.05, 4.69) is 82.3 Å². The number of hydrogen-bond donors (Lipinski definition) is 1. The van der Waals surface area contributed by atoms with Crippen molar-refractivity contribution in [3.8, 4) is 0 Å². The van der Waals surface area contributed by atoms with E-state index in [1.807, 2.05) is 0 Å². The Morgan fingerprint density at radius 2 is 1.65 bits per heavy atom. The van der Waals surface area contributed by atoms with Gasteiger partial charge in [0.1, 0.15) is 0 Å². The van der Waals surface area contributed by atoms with Crippen molar-refractivity contribution in [3.63, 3.8) is 0 Å². The number of nitrogens with one attached hydrogen (secondary N) is 1. The lowest BCUT2D eigenvalue weighted by atomic mass is 9.89. The van der Waals surface area contributed by atoms with Crippen LogP contribution in [0.3, 0.4) is 0 Å². The van der Waals surface area contributed by atoms with Crippen molar-refractivity contribution < 1.29 is 0 Å². The summed E-state index contributed by atoms with van der Waals surface area (Å²) >= 11 is 0. The molecule has 0 aromatic heterocycles. The highest BCUT2D eigenvalue weighted by Gasteiger charge is 2.28. The van der Waals surface area contributed by atoms with Crippen LogP contribution in [0.25, 0.3) is 0 Å². The first-order valence-electron chi connectivity index (χ1n) is 7.89. The molecule has 2 nitrogen and oxygen atoms in total. The zero-order valence-electron chi connectivity index (χ0n) is 14.1. The molecule has 0 fully saturated rings. The summed E-state index contributed by atoms with van der Waals surface area (Å²) in [5.41, 5.74) is 1.38. The third-order valence-electron chi connectivity index (χ3n) is 4.06. The van der Waals surface area contributed by atoms with E-state index in [-0.39, 0.29) is 0 Å².